The lowest BCUT2D eigenvalue weighted by atomic mass is 10.0. The molecule has 1 fully saturated rings. The molecule has 0 radical (unpaired) electrons. The van der Waals surface area contributed by atoms with Gasteiger partial charge in [0.2, 0.25) is 11.7 Å². The summed E-state index contributed by atoms with van der Waals surface area (Å²) in [7, 11) is 0. The number of benzene rings is 2. The topological polar surface area (TPSA) is 64.3 Å². The molecule has 1 atom stereocenters. The Morgan fingerprint density at radius 1 is 1.10 bits per heavy atom. The summed E-state index contributed by atoms with van der Waals surface area (Å²) >= 11 is 1.72. The van der Waals surface area contributed by atoms with Crippen LogP contribution in [0.5, 0.6) is 5.75 Å². The van der Waals surface area contributed by atoms with Crippen LogP contribution in [0.1, 0.15) is 36.2 Å². The molecular formula is C22H20F2N4O2S. The molecule has 160 valence electrons. The number of ether oxygens (including phenoxy) is 1. The maximum atomic E-state index is 12.7. The van der Waals surface area contributed by atoms with Gasteiger partial charge in [-0.2, -0.15) is 13.8 Å². The third-order valence-corrected chi connectivity index (χ3v) is 6.50. The molecule has 0 N–H and O–H groups in total. The van der Waals surface area contributed by atoms with Crippen molar-refractivity contribution in [1.82, 2.24) is 20.0 Å². The normalized spacial score (nSPS) is 17.5. The van der Waals surface area contributed by atoms with E-state index in [1.807, 2.05) is 18.2 Å². The number of alkyl halides is 2. The average molecular weight is 442 g/mol. The van der Waals surface area contributed by atoms with Crippen LogP contribution in [0.2, 0.25) is 0 Å². The van der Waals surface area contributed by atoms with Crippen molar-refractivity contribution < 1.29 is 18.0 Å². The Balaban J connectivity index is 1.38. The van der Waals surface area contributed by atoms with Gasteiger partial charge >= 0.3 is 6.61 Å². The maximum absolute atomic E-state index is 12.7. The van der Waals surface area contributed by atoms with Crippen molar-refractivity contribution in [2.75, 3.05) is 6.54 Å². The quantitative estimate of drug-likeness (QED) is 0.383. The van der Waals surface area contributed by atoms with Gasteiger partial charge in [-0.3, -0.25) is 4.90 Å². The minimum atomic E-state index is -2.92. The summed E-state index contributed by atoms with van der Waals surface area (Å²) in [5.74, 6) is 0.699. The third-order valence-electron chi connectivity index (χ3n) is 5.36. The summed E-state index contributed by atoms with van der Waals surface area (Å²) in [6.45, 7) is -1.54. The maximum Gasteiger partial charge on any atom is 0.387 e. The second-order valence-corrected chi connectivity index (χ2v) is 8.45. The molecule has 4 aromatic rings. The zero-order valence-electron chi connectivity index (χ0n) is 16.6. The number of para-hydroxylation sites is 2. The summed E-state index contributed by atoms with van der Waals surface area (Å²) in [6.07, 6.45) is 3.25. The number of nitrogens with zero attached hydrogens (tertiary/aromatic N) is 4. The van der Waals surface area contributed by atoms with E-state index in [0.717, 1.165) is 36.3 Å². The highest BCUT2D eigenvalue weighted by Gasteiger charge is 2.28. The van der Waals surface area contributed by atoms with Crippen molar-refractivity contribution in [3.63, 3.8) is 0 Å². The molecule has 5 rings (SSSR count). The van der Waals surface area contributed by atoms with Crippen molar-refractivity contribution >= 4 is 21.6 Å². The Morgan fingerprint density at radius 2 is 1.94 bits per heavy atom. The molecule has 0 spiro atoms. The fourth-order valence-electron chi connectivity index (χ4n) is 3.94. The van der Waals surface area contributed by atoms with Crippen molar-refractivity contribution in [3.05, 3.63) is 59.4 Å². The largest absolute Gasteiger partial charge is 0.434 e. The van der Waals surface area contributed by atoms with Crippen LogP contribution in [-0.2, 0) is 6.54 Å². The summed E-state index contributed by atoms with van der Waals surface area (Å²) in [5.41, 5.74) is 1.39. The number of likely N-dealkylation sites (tertiary alicyclic amines) is 1. The van der Waals surface area contributed by atoms with Crippen LogP contribution in [0.15, 0.2) is 53.1 Å². The van der Waals surface area contributed by atoms with E-state index in [1.54, 1.807) is 29.5 Å². The van der Waals surface area contributed by atoms with Gasteiger partial charge in [-0.15, -0.1) is 11.3 Å². The van der Waals surface area contributed by atoms with Gasteiger partial charge in [0.1, 0.15) is 10.8 Å². The predicted molar refractivity (Wildman–Crippen MR) is 113 cm³/mol. The van der Waals surface area contributed by atoms with Gasteiger partial charge in [-0.25, -0.2) is 4.98 Å². The minimum Gasteiger partial charge on any atom is -0.434 e. The SMILES string of the molecule is FC(F)Oc1ccccc1-c1noc(CN2CCCCC2c2nc3ccccc3s2)n1. The lowest BCUT2D eigenvalue weighted by molar-refractivity contribution is -0.0494. The van der Waals surface area contributed by atoms with Gasteiger partial charge in [0.05, 0.1) is 28.4 Å². The van der Waals surface area contributed by atoms with Gasteiger partial charge in [-0.1, -0.05) is 35.8 Å². The van der Waals surface area contributed by atoms with Crippen molar-refractivity contribution in [2.45, 2.75) is 38.5 Å². The van der Waals surface area contributed by atoms with Crippen LogP contribution < -0.4 is 4.74 Å². The van der Waals surface area contributed by atoms with E-state index in [2.05, 4.69) is 25.8 Å². The van der Waals surface area contributed by atoms with Crippen LogP contribution in [0, 0.1) is 0 Å². The molecule has 0 saturated carbocycles. The van der Waals surface area contributed by atoms with Gasteiger partial charge in [0.15, 0.2) is 0 Å². The first-order valence-electron chi connectivity index (χ1n) is 10.1. The van der Waals surface area contributed by atoms with Crippen LogP contribution in [0.25, 0.3) is 21.6 Å². The molecule has 1 aliphatic rings. The van der Waals surface area contributed by atoms with Gasteiger partial charge in [-0.05, 0) is 43.7 Å². The van der Waals surface area contributed by atoms with E-state index in [0.29, 0.717) is 18.0 Å². The van der Waals surface area contributed by atoms with Crippen LogP contribution in [0.3, 0.4) is 0 Å². The fourth-order valence-corrected chi connectivity index (χ4v) is 5.08. The first kappa shape index (κ1) is 20.0. The molecule has 0 aliphatic carbocycles. The monoisotopic (exact) mass is 442 g/mol. The molecule has 1 saturated heterocycles. The van der Waals surface area contributed by atoms with E-state index in [1.165, 1.54) is 10.8 Å². The molecule has 2 aromatic carbocycles. The second-order valence-electron chi connectivity index (χ2n) is 7.39. The molecule has 6 nitrogen and oxygen atoms in total. The molecule has 9 heteroatoms. The molecule has 2 aromatic heterocycles. The van der Waals surface area contributed by atoms with Gasteiger partial charge in [0.25, 0.3) is 0 Å². The first-order chi connectivity index (χ1) is 15.2. The Bertz CT molecular complexity index is 1150. The summed E-state index contributed by atoms with van der Waals surface area (Å²) in [5, 5.41) is 5.10. The number of aromatic nitrogens is 3. The average Bonchev–Trinajstić information content (AvgIpc) is 3.41. The summed E-state index contributed by atoms with van der Waals surface area (Å²) in [4.78, 5) is 11.6. The first-order valence-corrected chi connectivity index (χ1v) is 11.0. The lowest BCUT2D eigenvalue weighted by Crippen LogP contribution is -2.33. The van der Waals surface area contributed by atoms with Crippen LogP contribution in [0.4, 0.5) is 8.78 Å². The number of halogens is 2. The number of piperidine rings is 1. The number of hydrogen-bond donors (Lipinski definition) is 0. The summed E-state index contributed by atoms with van der Waals surface area (Å²) in [6, 6.07) is 14.8. The summed E-state index contributed by atoms with van der Waals surface area (Å²) < 4.78 is 36.7. The number of fused-ring (bicyclic) bond motifs is 1. The fraction of sp³-hybridized carbons (Fsp3) is 0.318. The molecular weight excluding hydrogens is 422 g/mol. The zero-order chi connectivity index (χ0) is 21.2. The highest BCUT2D eigenvalue weighted by molar-refractivity contribution is 7.18. The zero-order valence-corrected chi connectivity index (χ0v) is 17.4. The Hall–Kier alpha value is -2.91. The molecule has 0 amide bonds. The van der Waals surface area contributed by atoms with Crippen LogP contribution >= 0.6 is 11.3 Å². The predicted octanol–water partition coefficient (Wildman–Crippen LogP) is 5.67. The van der Waals surface area contributed by atoms with Crippen molar-refractivity contribution in [1.29, 1.82) is 0 Å². The van der Waals surface area contributed by atoms with E-state index in [-0.39, 0.29) is 17.6 Å². The van der Waals surface area contributed by atoms with E-state index in [4.69, 9.17) is 9.51 Å². The minimum absolute atomic E-state index is 0.0233. The van der Waals surface area contributed by atoms with Crippen molar-refractivity contribution in [3.8, 4) is 17.1 Å². The molecule has 1 aliphatic heterocycles. The number of thiazole rings is 1. The number of rotatable bonds is 6. The Morgan fingerprint density at radius 3 is 2.81 bits per heavy atom. The highest BCUT2D eigenvalue weighted by atomic mass is 32.1. The molecule has 0 bridgehead atoms. The molecule has 1 unspecified atom stereocenters. The highest BCUT2D eigenvalue weighted by Crippen LogP contribution is 2.36. The number of hydrogen-bond acceptors (Lipinski definition) is 7. The molecule has 31 heavy (non-hydrogen) atoms. The van der Waals surface area contributed by atoms with E-state index < -0.39 is 6.61 Å². The smallest absolute Gasteiger partial charge is 0.387 e. The van der Waals surface area contributed by atoms with Gasteiger partial charge in [0, 0.05) is 0 Å². The van der Waals surface area contributed by atoms with E-state index >= 15 is 0 Å². The third kappa shape index (κ3) is 4.28. The second kappa shape index (κ2) is 8.68. The Labute approximate surface area is 181 Å². The molecule has 3 heterocycles. The van der Waals surface area contributed by atoms with Crippen LogP contribution in [-0.4, -0.2) is 33.2 Å². The van der Waals surface area contributed by atoms with Crippen molar-refractivity contribution in [2.24, 2.45) is 0 Å². The van der Waals surface area contributed by atoms with Gasteiger partial charge < -0.3 is 9.26 Å². The standard InChI is InChI=1S/C22H20F2N4O2S/c23-22(24)29-17-10-3-1-7-14(17)20-26-19(30-27-20)13-28-12-6-5-9-16(28)21-25-15-8-2-4-11-18(15)31-21/h1-4,7-8,10-11,16,22H,5-6,9,12-13H2. The lowest BCUT2D eigenvalue weighted by Gasteiger charge is -2.33. The Kier molecular flexibility index (Phi) is 5.61. The van der Waals surface area contributed by atoms with E-state index in [9.17, 15) is 8.78 Å².